The van der Waals surface area contributed by atoms with E-state index in [2.05, 4.69) is 38.0 Å². The molecule has 0 aromatic heterocycles. The minimum Gasteiger partial charge on any atom is -0.390 e. The van der Waals surface area contributed by atoms with Crippen LogP contribution in [0.15, 0.2) is 0 Å². The molecule has 0 rings (SSSR count). The topological polar surface area (TPSA) is 35.5 Å². The molecular weight excluding hydrogens is 188 g/mol. The van der Waals surface area contributed by atoms with Gasteiger partial charge < -0.3 is 15.3 Å². The number of rotatable bonds is 9. The molecule has 1 atom stereocenters. The first kappa shape index (κ1) is 14.9. The third-order valence-corrected chi connectivity index (χ3v) is 2.87. The molecule has 0 radical (unpaired) electrons. The minimum atomic E-state index is -0.248. The number of likely N-dealkylation sites (N-methyl/N-ethyl adjacent to an activating group) is 1. The van der Waals surface area contributed by atoms with Gasteiger partial charge in [-0.25, -0.2) is 0 Å². The van der Waals surface area contributed by atoms with Crippen LogP contribution in [0.5, 0.6) is 0 Å². The van der Waals surface area contributed by atoms with Crippen LogP contribution in [-0.4, -0.2) is 48.8 Å². The molecule has 0 aliphatic heterocycles. The van der Waals surface area contributed by atoms with E-state index in [9.17, 15) is 5.11 Å². The van der Waals surface area contributed by atoms with Gasteiger partial charge in [0.05, 0.1) is 6.10 Å². The molecule has 0 bridgehead atoms. The summed E-state index contributed by atoms with van der Waals surface area (Å²) < 4.78 is 0. The highest BCUT2D eigenvalue weighted by atomic mass is 16.3. The molecule has 0 aliphatic rings. The maximum absolute atomic E-state index is 9.78. The number of nitrogens with zero attached hydrogens (tertiary/aromatic N) is 1. The first-order valence-corrected chi connectivity index (χ1v) is 6.24. The summed E-state index contributed by atoms with van der Waals surface area (Å²) in [7, 11) is 2.10. The van der Waals surface area contributed by atoms with Crippen LogP contribution in [0.4, 0.5) is 0 Å². The summed E-state index contributed by atoms with van der Waals surface area (Å²) in [5.74, 6) is 0. The lowest BCUT2D eigenvalue weighted by Gasteiger charge is -2.28. The molecule has 3 nitrogen and oxygen atoms in total. The molecule has 0 saturated heterocycles. The molecule has 0 aromatic rings. The number of hydrogen-bond donors (Lipinski definition) is 2. The van der Waals surface area contributed by atoms with Crippen molar-refractivity contribution < 1.29 is 5.11 Å². The molecule has 0 aliphatic carbocycles. The summed E-state index contributed by atoms with van der Waals surface area (Å²) in [6.45, 7) is 9.00. The van der Waals surface area contributed by atoms with Gasteiger partial charge in [0.25, 0.3) is 0 Å². The minimum absolute atomic E-state index is 0.248. The van der Waals surface area contributed by atoms with Crippen LogP contribution in [0, 0.1) is 0 Å². The molecule has 0 spiro atoms. The molecule has 3 heteroatoms. The van der Waals surface area contributed by atoms with Gasteiger partial charge in [0.1, 0.15) is 0 Å². The molecule has 1 unspecified atom stereocenters. The summed E-state index contributed by atoms with van der Waals surface area (Å²) in [5.41, 5.74) is 0. The Hall–Kier alpha value is -0.120. The normalized spacial score (nSPS) is 13.8. The molecule has 0 fully saturated rings. The van der Waals surface area contributed by atoms with E-state index in [1.807, 2.05) is 0 Å². The Morgan fingerprint density at radius 3 is 2.27 bits per heavy atom. The van der Waals surface area contributed by atoms with Crippen LogP contribution < -0.4 is 5.32 Å². The highest BCUT2D eigenvalue weighted by molar-refractivity contribution is 4.70. The second kappa shape index (κ2) is 9.13. The quantitative estimate of drug-likeness (QED) is 0.573. The Balaban J connectivity index is 3.68. The van der Waals surface area contributed by atoms with Crippen molar-refractivity contribution in [1.29, 1.82) is 0 Å². The highest BCUT2D eigenvalue weighted by Crippen LogP contribution is 2.06. The van der Waals surface area contributed by atoms with Crippen molar-refractivity contribution in [2.24, 2.45) is 0 Å². The Labute approximate surface area is 94.9 Å². The van der Waals surface area contributed by atoms with Gasteiger partial charge in [0.2, 0.25) is 0 Å². The first-order valence-electron chi connectivity index (χ1n) is 6.24. The van der Waals surface area contributed by atoms with E-state index in [-0.39, 0.29) is 6.10 Å². The van der Waals surface area contributed by atoms with E-state index >= 15 is 0 Å². The van der Waals surface area contributed by atoms with Crippen molar-refractivity contribution in [2.45, 2.75) is 52.2 Å². The standard InChI is InChI=1S/C12H28N2O/c1-5-8-13-9-12(15)10-14(4)11(6-2)7-3/h11-13,15H,5-10H2,1-4H3. The average Bonchev–Trinajstić information content (AvgIpc) is 2.20. The Morgan fingerprint density at radius 2 is 1.80 bits per heavy atom. The molecule has 2 N–H and O–H groups in total. The van der Waals surface area contributed by atoms with Gasteiger partial charge >= 0.3 is 0 Å². The molecule has 0 amide bonds. The maximum Gasteiger partial charge on any atom is 0.0791 e. The van der Waals surface area contributed by atoms with Crippen molar-refractivity contribution in [3.63, 3.8) is 0 Å². The lowest BCUT2D eigenvalue weighted by atomic mass is 10.1. The summed E-state index contributed by atoms with van der Waals surface area (Å²) in [5, 5.41) is 13.0. The predicted molar refractivity (Wildman–Crippen MR) is 66.2 cm³/mol. The summed E-state index contributed by atoms with van der Waals surface area (Å²) in [6, 6.07) is 0.603. The second-order valence-electron chi connectivity index (χ2n) is 4.27. The third-order valence-electron chi connectivity index (χ3n) is 2.87. The van der Waals surface area contributed by atoms with Gasteiger partial charge in [0.15, 0.2) is 0 Å². The zero-order valence-corrected chi connectivity index (χ0v) is 10.8. The van der Waals surface area contributed by atoms with Gasteiger partial charge in [-0.3, -0.25) is 0 Å². The van der Waals surface area contributed by atoms with Crippen molar-refractivity contribution in [1.82, 2.24) is 10.2 Å². The maximum atomic E-state index is 9.78. The fourth-order valence-electron chi connectivity index (χ4n) is 1.90. The molecule has 92 valence electrons. The van der Waals surface area contributed by atoms with Crippen LogP contribution in [-0.2, 0) is 0 Å². The number of aliphatic hydroxyl groups excluding tert-OH is 1. The smallest absolute Gasteiger partial charge is 0.0791 e. The van der Waals surface area contributed by atoms with Crippen LogP contribution in [0.25, 0.3) is 0 Å². The SMILES string of the molecule is CCCNCC(O)CN(C)C(CC)CC. The van der Waals surface area contributed by atoms with E-state index in [0.717, 1.165) is 32.4 Å². The van der Waals surface area contributed by atoms with Crippen molar-refractivity contribution in [2.75, 3.05) is 26.7 Å². The fourth-order valence-corrected chi connectivity index (χ4v) is 1.90. The predicted octanol–water partition coefficient (Wildman–Crippen LogP) is 1.47. The lowest BCUT2D eigenvalue weighted by Crippen LogP contribution is -2.41. The Kier molecular flexibility index (Phi) is 9.06. The third kappa shape index (κ3) is 6.88. The van der Waals surface area contributed by atoms with Crippen molar-refractivity contribution >= 4 is 0 Å². The van der Waals surface area contributed by atoms with Crippen LogP contribution in [0.3, 0.4) is 0 Å². The molecule has 0 heterocycles. The molecule has 0 aromatic carbocycles. The second-order valence-corrected chi connectivity index (χ2v) is 4.27. The van der Waals surface area contributed by atoms with E-state index in [0.29, 0.717) is 12.6 Å². The summed E-state index contributed by atoms with van der Waals surface area (Å²) in [6.07, 6.45) is 3.18. The van der Waals surface area contributed by atoms with Gasteiger partial charge in [0, 0.05) is 19.1 Å². The average molecular weight is 216 g/mol. The summed E-state index contributed by atoms with van der Waals surface area (Å²) >= 11 is 0. The molecule has 15 heavy (non-hydrogen) atoms. The number of hydrogen-bond acceptors (Lipinski definition) is 3. The van der Waals surface area contributed by atoms with Crippen LogP contribution in [0.2, 0.25) is 0 Å². The largest absolute Gasteiger partial charge is 0.390 e. The first-order chi connectivity index (χ1) is 7.15. The highest BCUT2D eigenvalue weighted by Gasteiger charge is 2.13. The van der Waals surface area contributed by atoms with Crippen LogP contribution >= 0.6 is 0 Å². The van der Waals surface area contributed by atoms with Crippen molar-refractivity contribution in [3.8, 4) is 0 Å². The van der Waals surface area contributed by atoms with Gasteiger partial charge in [-0.2, -0.15) is 0 Å². The van der Waals surface area contributed by atoms with Crippen LogP contribution in [0.1, 0.15) is 40.0 Å². The lowest BCUT2D eigenvalue weighted by molar-refractivity contribution is 0.100. The summed E-state index contributed by atoms with van der Waals surface area (Å²) in [4.78, 5) is 2.26. The Bertz CT molecular complexity index is 138. The zero-order valence-electron chi connectivity index (χ0n) is 10.8. The van der Waals surface area contributed by atoms with E-state index in [1.165, 1.54) is 0 Å². The van der Waals surface area contributed by atoms with Gasteiger partial charge in [-0.05, 0) is 32.9 Å². The number of nitrogens with one attached hydrogen (secondary N) is 1. The van der Waals surface area contributed by atoms with Gasteiger partial charge in [-0.1, -0.05) is 20.8 Å². The molecule has 0 saturated carbocycles. The van der Waals surface area contributed by atoms with Crippen molar-refractivity contribution in [3.05, 3.63) is 0 Å². The zero-order chi connectivity index (χ0) is 11.7. The van der Waals surface area contributed by atoms with Gasteiger partial charge in [-0.15, -0.1) is 0 Å². The monoisotopic (exact) mass is 216 g/mol. The number of aliphatic hydroxyl groups is 1. The van der Waals surface area contributed by atoms with E-state index < -0.39 is 0 Å². The Morgan fingerprint density at radius 1 is 1.20 bits per heavy atom. The van der Waals surface area contributed by atoms with E-state index in [4.69, 9.17) is 0 Å². The molecular formula is C12H28N2O. The van der Waals surface area contributed by atoms with E-state index in [1.54, 1.807) is 0 Å². The fraction of sp³-hybridized carbons (Fsp3) is 1.00.